The lowest BCUT2D eigenvalue weighted by Crippen LogP contribution is -2.48. The number of hydrogen-bond acceptors (Lipinski definition) is 15. The van der Waals surface area contributed by atoms with Crippen LogP contribution in [0.4, 0.5) is 14.8 Å². The van der Waals surface area contributed by atoms with E-state index in [4.69, 9.17) is 14.7 Å². The Morgan fingerprint density at radius 3 is 1.60 bits per heavy atom. The summed E-state index contributed by atoms with van der Waals surface area (Å²) in [6.07, 6.45) is 18.7. The first-order valence-corrected chi connectivity index (χ1v) is 24.7. The highest BCUT2D eigenvalue weighted by Crippen LogP contribution is 2.36. The van der Waals surface area contributed by atoms with Crippen molar-refractivity contribution in [2.45, 2.75) is 6.61 Å². The van der Waals surface area contributed by atoms with Crippen LogP contribution >= 0.6 is 22.7 Å². The van der Waals surface area contributed by atoms with Gasteiger partial charge < -0.3 is 24.8 Å². The molecule has 2 aliphatic rings. The smallest absolute Gasteiger partial charge is 0.410 e. The standard InChI is InChI=1S/C30H25N7O2S.C22H19N7S/c38-30(39-20-21-6-2-1-3-7-21)36-14-12-35(13-15-36)27-18-33-29(40-27)22-16-32-28-25(17-34-37(28)19-22)23-10-11-31-26-9-5-4-8-24(23)26;1-2-4-19-17(3-1)16(5-6-24-19)18-12-27-29-14-15(11-25-21(18)29)22-26-13-20(30-22)28-9-7-23-8-10-28/h1-11,16-19H,12-15,20H2;1-6,11-14,23H,7-10H2. The van der Waals surface area contributed by atoms with Gasteiger partial charge in [-0.3, -0.25) is 9.97 Å². The van der Waals surface area contributed by atoms with Crippen LogP contribution in [0.3, 0.4) is 0 Å². The Labute approximate surface area is 409 Å². The molecule has 16 nitrogen and oxygen atoms in total. The second kappa shape index (κ2) is 19.1. The Balaban J connectivity index is 0.000000150. The Bertz CT molecular complexity index is 3620. The lowest BCUT2D eigenvalue weighted by molar-refractivity contribution is 0.0942. The van der Waals surface area contributed by atoms with Gasteiger partial charge in [0.05, 0.1) is 35.8 Å². The van der Waals surface area contributed by atoms with Crippen molar-refractivity contribution < 1.29 is 9.53 Å². The molecule has 18 heteroatoms. The zero-order chi connectivity index (χ0) is 46.8. The van der Waals surface area contributed by atoms with Crippen LogP contribution in [0.25, 0.3) is 76.5 Å². The van der Waals surface area contributed by atoms with Gasteiger partial charge in [-0.25, -0.2) is 33.8 Å². The average molecular weight is 961 g/mol. The number of ether oxygens (including phenoxy) is 1. The highest BCUT2D eigenvalue weighted by Gasteiger charge is 2.24. The number of nitrogens with zero attached hydrogens (tertiary/aromatic N) is 13. The molecule has 11 aromatic rings. The summed E-state index contributed by atoms with van der Waals surface area (Å²) in [5.74, 6) is 0. The van der Waals surface area contributed by atoms with Crippen molar-refractivity contribution in [2.75, 3.05) is 62.2 Å². The number of amides is 1. The third-order valence-electron chi connectivity index (χ3n) is 12.6. The number of carbonyl (C=O) groups excluding carboxylic acids is 1. The number of carbonyl (C=O) groups is 1. The van der Waals surface area contributed by atoms with E-state index in [1.54, 1.807) is 32.1 Å². The molecule has 0 atom stereocenters. The van der Waals surface area contributed by atoms with E-state index in [1.165, 1.54) is 5.00 Å². The molecule has 0 bridgehead atoms. The molecule has 1 amide bonds. The molecule has 2 fully saturated rings. The summed E-state index contributed by atoms with van der Waals surface area (Å²) in [6.45, 7) is 7.00. The van der Waals surface area contributed by atoms with E-state index in [0.717, 1.165) is 126 Å². The van der Waals surface area contributed by atoms with Crippen molar-refractivity contribution in [3.63, 3.8) is 0 Å². The molecule has 8 aromatic heterocycles. The van der Waals surface area contributed by atoms with Gasteiger partial charge in [0.15, 0.2) is 11.3 Å². The summed E-state index contributed by atoms with van der Waals surface area (Å²) < 4.78 is 9.14. The summed E-state index contributed by atoms with van der Waals surface area (Å²) in [6, 6.07) is 30.0. The first kappa shape index (κ1) is 43.1. The van der Waals surface area contributed by atoms with Gasteiger partial charge in [-0.1, -0.05) is 89.4 Å². The minimum atomic E-state index is -0.272. The van der Waals surface area contributed by atoms with Crippen LogP contribution in [0.5, 0.6) is 0 Å². The SMILES string of the molecule is O=C(OCc1ccccc1)N1CCN(c2cnc(-c3cnc4c(-c5ccnc6ccccc56)cnn4c3)s2)CC1.c1ccc2c(-c3cnn4cc(-c5ncc(N6CCNCC6)s5)cnc34)ccnc2c1. The Morgan fingerprint density at radius 2 is 1.04 bits per heavy atom. The fourth-order valence-corrected chi connectivity index (χ4v) is 10.8. The monoisotopic (exact) mass is 960 g/mol. The van der Waals surface area contributed by atoms with E-state index in [0.29, 0.717) is 13.1 Å². The van der Waals surface area contributed by atoms with E-state index < -0.39 is 0 Å². The summed E-state index contributed by atoms with van der Waals surface area (Å²) in [4.78, 5) is 46.7. The maximum absolute atomic E-state index is 12.5. The summed E-state index contributed by atoms with van der Waals surface area (Å²) in [7, 11) is 0. The van der Waals surface area contributed by atoms with Crippen LogP contribution in [0, 0.1) is 0 Å². The third kappa shape index (κ3) is 8.63. The Hall–Kier alpha value is -8.19. The van der Waals surface area contributed by atoms with Crippen molar-refractivity contribution in [3.05, 3.63) is 159 Å². The number of piperazine rings is 2. The zero-order valence-electron chi connectivity index (χ0n) is 37.7. The van der Waals surface area contributed by atoms with Gasteiger partial charge in [0, 0.05) is 123 Å². The van der Waals surface area contributed by atoms with Gasteiger partial charge in [0.2, 0.25) is 0 Å². The van der Waals surface area contributed by atoms with Crippen LogP contribution in [0.1, 0.15) is 5.56 Å². The summed E-state index contributed by atoms with van der Waals surface area (Å²) in [5, 5.41) is 18.8. The maximum atomic E-state index is 12.5. The number of pyridine rings is 2. The fourth-order valence-electron chi connectivity index (χ4n) is 8.91. The lowest BCUT2D eigenvalue weighted by atomic mass is 10.0. The molecule has 13 rings (SSSR count). The molecule has 0 saturated carbocycles. The first-order valence-electron chi connectivity index (χ1n) is 23.0. The van der Waals surface area contributed by atoms with Crippen molar-refractivity contribution in [2.24, 2.45) is 0 Å². The molecule has 0 aliphatic carbocycles. The van der Waals surface area contributed by atoms with Crippen molar-refractivity contribution in [1.29, 1.82) is 0 Å². The molecule has 0 unspecified atom stereocenters. The number of rotatable bonds is 8. The average Bonchev–Trinajstić information content (AvgIpc) is 4.28. The lowest BCUT2D eigenvalue weighted by Gasteiger charge is -2.34. The predicted octanol–water partition coefficient (Wildman–Crippen LogP) is 9.00. The van der Waals surface area contributed by atoms with Gasteiger partial charge >= 0.3 is 6.09 Å². The van der Waals surface area contributed by atoms with Gasteiger partial charge in [0.25, 0.3) is 0 Å². The summed E-state index contributed by atoms with van der Waals surface area (Å²) >= 11 is 3.32. The van der Waals surface area contributed by atoms with Gasteiger partial charge in [0.1, 0.15) is 26.6 Å². The number of aromatic nitrogens is 10. The highest BCUT2D eigenvalue weighted by molar-refractivity contribution is 7.19. The number of anilines is 2. The molecule has 3 aromatic carbocycles. The van der Waals surface area contributed by atoms with Crippen molar-refractivity contribution >= 4 is 71.9 Å². The molecular weight excluding hydrogens is 917 g/mol. The number of thiazole rings is 2. The number of nitrogens with one attached hydrogen (secondary N) is 1. The molecule has 10 heterocycles. The minimum Gasteiger partial charge on any atom is -0.445 e. The second-order valence-corrected chi connectivity index (χ2v) is 18.9. The van der Waals surface area contributed by atoms with Crippen molar-refractivity contribution in [3.8, 4) is 43.4 Å². The molecule has 1 N–H and O–H groups in total. The van der Waals surface area contributed by atoms with Crippen LogP contribution in [-0.2, 0) is 11.3 Å². The van der Waals surface area contributed by atoms with Crippen LogP contribution in [0.15, 0.2) is 153 Å². The summed E-state index contributed by atoms with van der Waals surface area (Å²) in [5.41, 5.74) is 10.5. The molecule has 2 aliphatic heterocycles. The number of hydrogen-bond donors (Lipinski definition) is 1. The molecule has 0 spiro atoms. The number of para-hydroxylation sites is 2. The third-order valence-corrected chi connectivity index (χ3v) is 14.8. The van der Waals surface area contributed by atoms with E-state index in [2.05, 4.69) is 57.4 Å². The van der Waals surface area contributed by atoms with Gasteiger partial charge in [-0.15, -0.1) is 0 Å². The van der Waals surface area contributed by atoms with Crippen LogP contribution in [-0.4, -0.2) is 112 Å². The van der Waals surface area contributed by atoms with Crippen molar-refractivity contribution in [1.82, 2.24) is 59.3 Å². The van der Waals surface area contributed by atoms with Gasteiger partial charge in [-0.2, -0.15) is 10.2 Å². The molecular formula is C52H44N14O2S2. The quantitative estimate of drug-likeness (QED) is 0.154. The van der Waals surface area contributed by atoms with Crippen LogP contribution in [0.2, 0.25) is 0 Å². The van der Waals surface area contributed by atoms with E-state index in [1.807, 2.05) is 145 Å². The number of benzene rings is 3. The van der Waals surface area contributed by atoms with E-state index in [9.17, 15) is 4.79 Å². The largest absolute Gasteiger partial charge is 0.445 e. The fraction of sp³-hybridized carbons (Fsp3) is 0.173. The van der Waals surface area contributed by atoms with Crippen LogP contribution < -0.4 is 15.1 Å². The molecule has 70 heavy (non-hydrogen) atoms. The second-order valence-electron chi connectivity index (χ2n) is 16.8. The maximum Gasteiger partial charge on any atom is 0.410 e. The Kier molecular flexibility index (Phi) is 11.7. The first-order chi connectivity index (χ1) is 34.6. The van der Waals surface area contributed by atoms with Gasteiger partial charge in [-0.05, 0) is 41.0 Å². The molecule has 0 radical (unpaired) electrons. The Morgan fingerprint density at radius 1 is 0.529 bits per heavy atom. The highest BCUT2D eigenvalue weighted by atomic mass is 32.1. The van der Waals surface area contributed by atoms with E-state index >= 15 is 0 Å². The minimum absolute atomic E-state index is 0.272. The normalized spacial score (nSPS) is 14.1. The van der Waals surface area contributed by atoms with E-state index in [-0.39, 0.29) is 12.7 Å². The molecule has 346 valence electrons. The number of fused-ring (bicyclic) bond motifs is 4. The molecule has 2 saturated heterocycles. The zero-order valence-corrected chi connectivity index (χ0v) is 39.4. The predicted molar refractivity (Wildman–Crippen MR) is 275 cm³/mol. The topological polar surface area (TPSA) is 160 Å².